The highest BCUT2D eigenvalue weighted by atomic mass is 15.2. The van der Waals surface area contributed by atoms with Gasteiger partial charge < -0.3 is 15.6 Å². The smallest absolute Gasteiger partial charge is 0.208 e. The van der Waals surface area contributed by atoms with Gasteiger partial charge in [-0.25, -0.2) is 4.98 Å². The number of rotatable bonds is 8. The topological polar surface area (TPSA) is 55.9 Å². The maximum absolute atomic E-state index is 6.52. The minimum atomic E-state index is 0.826. The molecule has 4 nitrogen and oxygen atoms in total. The molecule has 1 aromatic heterocycles. The number of unbranched alkanes of at least 4 members (excludes halogenated alkanes) is 2. The molecule has 0 unspecified atom stereocenters. The highest BCUT2D eigenvalue weighted by Crippen LogP contribution is 2.34. The molecule has 0 aliphatic heterocycles. The first kappa shape index (κ1) is 21.2. The monoisotopic (exact) mass is 392 g/mol. The molecule has 0 radical (unpaired) electrons. The zero-order chi connectivity index (χ0) is 21.1. The van der Waals surface area contributed by atoms with Crippen LogP contribution in [0.5, 0.6) is 0 Å². The van der Waals surface area contributed by atoms with Crippen LogP contribution in [0.25, 0.3) is 11.0 Å². The van der Waals surface area contributed by atoms with Crippen molar-refractivity contribution in [1.29, 1.82) is 0 Å². The second kappa shape index (κ2) is 8.89. The predicted octanol–water partition coefficient (Wildman–Crippen LogP) is 6.51. The van der Waals surface area contributed by atoms with E-state index in [4.69, 9.17) is 10.7 Å². The number of imidazole rings is 1. The van der Waals surface area contributed by atoms with Crippen LogP contribution < -0.4 is 11.1 Å². The van der Waals surface area contributed by atoms with Gasteiger partial charge >= 0.3 is 0 Å². The van der Waals surface area contributed by atoms with Gasteiger partial charge in [0.05, 0.1) is 16.7 Å². The molecule has 0 bridgehead atoms. The van der Waals surface area contributed by atoms with Crippen molar-refractivity contribution in [1.82, 2.24) is 9.55 Å². The lowest BCUT2D eigenvalue weighted by atomic mass is 9.95. The van der Waals surface area contributed by atoms with Crippen molar-refractivity contribution in [3.8, 4) is 0 Å². The van der Waals surface area contributed by atoms with Gasteiger partial charge in [-0.1, -0.05) is 44.4 Å². The normalized spacial score (nSPS) is 11.4. The minimum Gasteiger partial charge on any atom is -0.397 e. The van der Waals surface area contributed by atoms with Crippen molar-refractivity contribution in [2.24, 2.45) is 7.05 Å². The second-order valence-corrected chi connectivity index (χ2v) is 8.40. The van der Waals surface area contributed by atoms with Gasteiger partial charge in [-0.2, -0.15) is 0 Å². The number of aryl methyl sites for hydroxylation is 6. The molecular formula is C25H36N4. The first-order chi connectivity index (χ1) is 13.9. The Bertz CT molecular complexity index is 991. The third-order valence-corrected chi connectivity index (χ3v) is 5.87. The van der Waals surface area contributed by atoms with E-state index in [2.05, 4.69) is 69.7 Å². The molecule has 3 N–H and O–H groups in total. The Hall–Kier alpha value is -2.49. The average molecular weight is 393 g/mol. The first-order valence-electron chi connectivity index (χ1n) is 11.0. The van der Waals surface area contributed by atoms with E-state index in [1.807, 2.05) is 0 Å². The molecular weight excluding hydrogens is 356 g/mol. The van der Waals surface area contributed by atoms with Crippen LogP contribution in [0.4, 0.5) is 17.3 Å². The van der Waals surface area contributed by atoms with Gasteiger partial charge in [0, 0.05) is 12.7 Å². The SMILES string of the molecule is CCCCc1cc(N)c2c(nc(Nc3c(C)cc(C)cc3C)n2C)c1CCCC. The van der Waals surface area contributed by atoms with Gasteiger partial charge in [0.2, 0.25) is 5.95 Å². The summed E-state index contributed by atoms with van der Waals surface area (Å²) >= 11 is 0. The lowest BCUT2D eigenvalue weighted by Crippen LogP contribution is -2.03. The fourth-order valence-corrected chi connectivity index (χ4v) is 4.36. The van der Waals surface area contributed by atoms with Crippen molar-refractivity contribution >= 4 is 28.4 Å². The van der Waals surface area contributed by atoms with Crippen LogP contribution in [0.2, 0.25) is 0 Å². The number of benzene rings is 2. The number of fused-ring (bicyclic) bond motifs is 1. The molecule has 0 fully saturated rings. The van der Waals surface area contributed by atoms with Gasteiger partial charge in [-0.3, -0.25) is 0 Å². The summed E-state index contributed by atoms with van der Waals surface area (Å²) in [6, 6.07) is 6.61. The summed E-state index contributed by atoms with van der Waals surface area (Å²) in [7, 11) is 2.06. The molecule has 0 saturated heterocycles. The van der Waals surface area contributed by atoms with E-state index in [0.717, 1.165) is 41.2 Å². The molecule has 0 atom stereocenters. The standard InChI is InChI=1S/C25H36N4/c1-7-9-11-19-15-21(26)24-23(20(19)12-10-8-2)28-25(29(24)6)27-22-17(4)13-16(3)14-18(22)5/h13-15H,7-12,26H2,1-6H3,(H,27,28). The van der Waals surface area contributed by atoms with Gasteiger partial charge in [0.25, 0.3) is 0 Å². The summed E-state index contributed by atoms with van der Waals surface area (Å²) in [6.45, 7) is 10.9. The average Bonchev–Trinajstić information content (AvgIpc) is 2.99. The van der Waals surface area contributed by atoms with Gasteiger partial charge in [-0.15, -0.1) is 0 Å². The van der Waals surface area contributed by atoms with Crippen molar-refractivity contribution in [2.75, 3.05) is 11.1 Å². The molecule has 0 spiro atoms. The molecule has 3 aromatic rings. The largest absolute Gasteiger partial charge is 0.397 e. The van der Waals surface area contributed by atoms with E-state index in [0.29, 0.717) is 0 Å². The number of anilines is 3. The van der Waals surface area contributed by atoms with Crippen LogP contribution in [-0.2, 0) is 19.9 Å². The molecule has 2 aromatic carbocycles. The number of aromatic nitrogens is 2. The Morgan fingerprint density at radius 3 is 2.21 bits per heavy atom. The fourth-order valence-electron chi connectivity index (χ4n) is 4.36. The summed E-state index contributed by atoms with van der Waals surface area (Å²) in [5.74, 6) is 0.854. The Labute approximate surface area is 175 Å². The highest BCUT2D eigenvalue weighted by molar-refractivity contribution is 5.93. The van der Waals surface area contributed by atoms with Gasteiger partial charge in [0.15, 0.2) is 0 Å². The molecule has 1 heterocycles. The summed E-state index contributed by atoms with van der Waals surface area (Å²) in [6.07, 6.45) is 6.86. The number of nitrogens with one attached hydrogen (secondary N) is 1. The summed E-state index contributed by atoms with van der Waals surface area (Å²) < 4.78 is 2.11. The van der Waals surface area contributed by atoms with Crippen LogP contribution in [0.15, 0.2) is 18.2 Å². The third-order valence-electron chi connectivity index (χ3n) is 5.87. The second-order valence-electron chi connectivity index (χ2n) is 8.40. The Balaban J connectivity index is 2.13. The van der Waals surface area contributed by atoms with Crippen LogP contribution in [0, 0.1) is 20.8 Å². The van der Waals surface area contributed by atoms with Crippen LogP contribution in [0.3, 0.4) is 0 Å². The first-order valence-corrected chi connectivity index (χ1v) is 11.0. The lowest BCUT2D eigenvalue weighted by Gasteiger charge is -2.14. The van der Waals surface area contributed by atoms with E-state index in [9.17, 15) is 0 Å². The number of hydrogen-bond acceptors (Lipinski definition) is 3. The number of nitrogens with two attached hydrogens (primary N) is 1. The van der Waals surface area contributed by atoms with Crippen LogP contribution in [0.1, 0.15) is 67.3 Å². The molecule has 29 heavy (non-hydrogen) atoms. The van der Waals surface area contributed by atoms with E-state index < -0.39 is 0 Å². The molecule has 3 rings (SSSR count). The molecule has 0 saturated carbocycles. The zero-order valence-electron chi connectivity index (χ0n) is 18.9. The number of hydrogen-bond donors (Lipinski definition) is 2. The lowest BCUT2D eigenvalue weighted by molar-refractivity contribution is 0.761. The quantitative estimate of drug-likeness (QED) is 0.430. The summed E-state index contributed by atoms with van der Waals surface area (Å²) in [4.78, 5) is 5.07. The Morgan fingerprint density at radius 1 is 0.966 bits per heavy atom. The molecule has 0 amide bonds. The fraction of sp³-hybridized carbons (Fsp3) is 0.480. The predicted molar refractivity (Wildman–Crippen MR) is 126 cm³/mol. The van der Waals surface area contributed by atoms with Crippen molar-refractivity contribution < 1.29 is 0 Å². The number of nitrogens with zero attached hydrogens (tertiary/aromatic N) is 2. The van der Waals surface area contributed by atoms with Crippen molar-refractivity contribution in [3.05, 3.63) is 46.0 Å². The zero-order valence-corrected chi connectivity index (χ0v) is 18.9. The van der Waals surface area contributed by atoms with Gasteiger partial charge in [-0.05, 0) is 74.8 Å². The molecule has 0 aliphatic rings. The molecule has 156 valence electrons. The molecule has 0 aliphatic carbocycles. The van der Waals surface area contributed by atoms with Gasteiger partial charge in [0.1, 0.15) is 0 Å². The van der Waals surface area contributed by atoms with E-state index >= 15 is 0 Å². The van der Waals surface area contributed by atoms with Crippen LogP contribution in [-0.4, -0.2) is 9.55 Å². The maximum atomic E-state index is 6.52. The van der Waals surface area contributed by atoms with Crippen LogP contribution >= 0.6 is 0 Å². The summed E-state index contributed by atoms with van der Waals surface area (Å²) in [5.41, 5.74) is 17.1. The van der Waals surface area contributed by atoms with Crippen molar-refractivity contribution in [3.63, 3.8) is 0 Å². The Kier molecular flexibility index (Phi) is 6.51. The van der Waals surface area contributed by atoms with E-state index in [-0.39, 0.29) is 0 Å². The maximum Gasteiger partial charge on any atom is 0.208 e. The third kappa shape index (κ3) is 4.26. The Morgan fingerprint density at radius 2 is 1.59 bits per heavy atom. The minimum absolute atomic E-state index is 0.826. The molecule has 4 heteroatoms. The van der Waals surface area contributed by atoms with E-state index in [1.54, 1.807) is 0 Å². The highest BCUT2D eigenvalue weighted by Gasteiger charge is 2.18. The summed E-state index contributed by atoms with van der Waals surface area (Å²) in [5, 5.41) is 3.59. The van der Waals surface area contributed by atoms with E-state index in [1.165, 1.54) is 53.5 Å². The number of nitrogen functional groups attached to an aromatic ring is 1. The van der Waals surface area contributed by atoms with Crippen molar-refractivity contribution in [2.45, 2.75) is 73.1 Å².